The van der Waals surface area contributed by atoms with Gasteiger partial charge in [-0.1, -0.05) is 0 Å². The van der Waals surface area contributed by atoms with E-state index >= 15 is 0 Å². The minimum absolute atomic E-state index is 0.0427. The van der Waals surface area contributed by atoms with E-state index in [1.807, 2.05) is 0 Å². The summed E-state index contributed by atoms with van der Waals surface area (Å²) in [7, 11) is 1.42. The number of rotatable bonds is 3. The monoisotopic (exact) mass is 252 g/mol. The molecule has 4 nitrogen and oxygen atoms in total. The SMILES string of the molecule is COc1ccc(N)c(Oc2cc(F)ccc2F)n1. The zero-order valence-corrected chi connectivity index (χ0v) is 9.48. The Bertz CT molecular complexity index is 576. The molecule has 2 N–H and O–H groups in total. The summed E-state index contributed by atoms with van der Waals surface area (Å²) in [5, 5.41) is 0. The normalized spacial score (nSPS) is 10.2. The molecule has 0 spiro atoms. The lowest BCUT2D eigenvalue weighted by molar-refractivity contribution is 0.378. The van der Waals surface area contributed by atoms with Crippen LogP contribution in [0.25, 0.3) is 0 Å². The van der Waals surface area contributed by atoms with E-state index < -0.39 is 11.6 Å². The minimum Gasteiger partial charge on any atom is -0.481 e. The fourth-order valence-corrected chi connectivity index (χ4v) is 1.29. The van der Waals surface area contributed by atoms with Crippen LogP contribution in [-0.4, -0.2) is 12.1 Å². The van der Waals surface area contributed by atoms with E-state index in [1.165, 1.54) is 19.2 Å². The van der Waals surface area contributed by atoms with Gasteiger partial charge >= 0.3 is 0 Å². The molecule has 1 aromatic heterocycles. The summed E-state index contributed by atoms with van der Waals surface area (Å²) in [4.78, 5) is 3.90. The number of halogens is 2. The predicted molar refractivity (Wildman–Crippen MR) is 61.6 cm³/mol. The van der Waals surface area contributed by atoms with E-state index in [0.29, 0.717) is 0 Å². The number of pyridine rings is 1. The number of hydrogen-bond acceptors (Lipinski definition) is 4. The van der Waals surface area contributed by atoms with E-state index in [2.05, 4.69) is 4.98 Å². The fraction of sp³-hybridized carbons (Fsp3) is 0.0833. The molecule has 2 rings (SSSR count). The quantitative estimate of drug-likeness (QED) is 0.912. The third kappa shape index (κ3) is 2.48. The van der Waals surface area contributed by atoms with Gasteiger partial charge < -0.3 is 15.2 Å². The van der Waals surface area contributed by atoms with Crippen LogP contribution >= 0.6 is 0 Å². The lowest BCUT2D eigenvalue weighted by atomic mass is 10.3. The lowest BCUT2D eigenvalue weighted by Crippen LogP contribution is -1.98. The number of nitrogens with zero attached hydrogens (tertiary/aromatic N) is 1. The summed E-state index contributed by atoms with van der Waals surface area (Å²) in [6, 6.07) is 5.89. The molecule has 0 aliphatic carbocycles. The lowest BCUT2D eigenvalue weighted by Gasteiger charge is -2.09. The van der Waals surface area contributed by atoms with Crippen LogP contribution in [0.2, 0.25) is 0 Å². The summed E-state index contributed by atoms with van der Waals surface area (Å²) in [5.74, 6) is -1.40. The maximum atomic E-state index is 13.4. The summed E-state index contributed by atoms with van der Waals surface area (Å²) < 4.78 is 36.4. The molecule has 0 aliphatic heterocycles. The Labute approximate surface area is 102 Å². The Morgan fingerprint density at radius 2 is 1.94 bits per heavy atom. The van der Waals surface area contributed by atoms with Crippen molar-refractivity contribution in [1.82, 2.24) is 4.98 Å². The van der Waals surface area contributed by atoms with Gasteiger partial charge in [-0.15, -0.1) is 0 Å². The molecule has 0 bridgehead atoms. The minimum atomic E-state index is -0.708. The van der Waals surface area contributed by atoms with E-state index in [-0.39, 0.29) is 23.2 Å². The average Bonchev–Trinajstić information content (AvgIpc) is 2.36. The molecular weight excluding hydrogens is 242 g/mol. The fourth-order valence-electron chi connectivity index (χ4n) is 1.29. The first-order chi connectivity index (χ1) is 8.60. The molecule has 0 radical (unpaired) electrons. The standard InChI is InChI=1S/C12H10F2N2O2/c1-17-11-5-4-9(15)12(16-11)18-10-6-7(13)2-3-8(10)14/h2-6H,15H2,1H3. The Balaban J connectivity index is 2.36. The van der Waals surface area contributed by atoms with Crippen LogP contribution in [0.1, 0.15) is 0 Å². The molecule has 18 heavy (non-hydrogen) atoms. The number of anilines is 1. The molecule has 1 aromatic carbocycles. The number of ether oxygens (including phenoxy) is 2. The van der Waals surface area contributed by atoms with Gasteiger partial charge in [0.1, 0.15) is 5.82 Å². The zero-order valence-electron chi connectivity index (χ0n) is 9.48. The van der Waals surface area contributed by atoms with Gasteiger partial charge in [0.2, 0.25) is 11.8 Å². The number of benzene rings is 1. The first-order valence-electron chi connectivity index (χ1n) is 5.03. The topological polar surface area (TPSA) is 57.4 Å². The van der Waals surface area contributed by atoms with Gasteiger partial charge in [-0.3, -0.25) is 0 Å². The van der Waals surface area contributed by atoms with Gasteiger partial charge in [-0.25, -0.2) is 8.78 Å². The van der Waals surface area contributed by atoms with E-state index in [1.54, 1.807) is 0 Å². The smallest absolute Gasteiger partial charge is 0.246 e. The first kappa shape index (κ1) is 12.1. The Kier molecular flexibility index (Phi) is 3.27. The van der Waals surface area contributed by atoms with Crippen LogP contribution in [-0.2, 0) is 0 Å². The number of aromatic nitrogens is 1. The molecule has 0 amide bonds. The summed E-state index contributed by atoms with van der Waals surface area (Å²) >= 11 is 0. The van der Waals surface area contributed by atoms with Crippen molar-refractivity contribution in [2.45, 2.75) is 0 Å². The highest BCUT2D eigenvalue weighted by molar-refractivity contribution is 5.51. The van der Waals surface area contributed by atoms with Crippen molar-refractivity contribution in [2.75, 3.05) is 12.8 Å². The molecule has 0 unspecified atom stereocenters. The molecule has 0 atom stereocenters. The van der Waals surface area contributed by atoms with Crippen molar-refractivity contribution < 1.29 is 18.3 Å². The van der Waals surface area contributed by atoms with Crippen LogP contribution in [0.5, 0.6) is 17.5 Å². The maximum absolute atomic E-state index is 13.4. The number of nitrogen functional groups attached to an aromatic ring is 1. The van der Waals surface area contributed by atoms with Crippen LogP contribution in [0.4, 0.5) is 14.5 Å². The highest BCUT2D eigenvalue weighted by atomic mass is 19.1. The average molecular weight is 252 g/mol. The van der Waals surface area contributed by atoms with Crippen molar-refractivity contribution >= 4 is 5.69 Å². The number of methoxy groups -OCH3 is 1. The molecule has 0 aliphatic rings. The van der Waals surface area contributed by atoms with Crippen molar-refractivity contribution in [1.29, 1.82) is 0 Å². The van der Waals surface area contributed by atoms with Crippen LogP contribution in [0.15, 0.2) is 30.3 Å². The van der Waals surface area contributed by atoms with Gasteiger partial charge in [-0.05, 0) is 18.2 Å². The van der Waals surface area contributed by atoms with Crippen molar-refractivity contribution in [2.24, 2.45) is 0 Å². The second-order valence-electron chi connectivity index (χ2n) is 3.42. The Morgan fingerprint density at radius 3 is 2.67 bits per heavy atom. The Morgan fingerprint density at radius 1 is 1.17 bits per heavy atom. The second kappa shape index (κ2) is 4.87. The highest BCUT2D eigenvalue weighted by Crippen LogP contribution is 2.29. The molecule has 1 heterocycles. The van der Waals surface area contributed by atoms with Gasteiger partial charge in [-0.2, -0.15) is 4.98 Å². The molecule has 2 aromatic rings. The summed E-state index contributed by atoms with van der Waals surface area (Å²) in [5.41, 5.74) is 5.81. The molecular formula is C12H10F2N2O2. The van der Waals surface area contributed by atoms with Gasteiger partial charge in [0.25, 0.3) is 0 Å². The third-order valence-electron chi connectivity index (χ3n) is 2.17. The number of nitrogens with two attached hydrogens (primary N) is 1. The van der Waals surface area contributed by atoms with Gasteiger partial charge in [0.15, 0.2) is 11.6 Å². The van der Waals surface area contributed by atoms with Crippen molar-refractivity contribution in [3.63, 3.8) is 0 Å². The zero-order chi connectivity index (χ0) is 13.1. The van der Waals surface area contributed by atoms with E-state index in [9.17, 15) is 8.78 Å². The molecule has 0 saturated heterocycles. The van der Waals surface area contributed by atoms with Crippen LogP contribution < -0.4 is 15.2 Å². The first-order valence-corrected chi connectivity index (χ1v) is 5.03. The van der Waals surface area contributed by atoms with Gasteiger partial charge in [0.05, 0.1) is 12.8 Å². The van der Waals surface area contributed by atoms with Crippen molar-refractivity contribution in [3.8, 4) is 17.5 Å². The Hall–Kier alpha value is -2.37. The van der Waals surface area contributed by atoms with Crippen molar-refractivity contribution in [3.05, 3.63) is 42.0 Å². The third-order valence-corrected chi connectivity index (χ3v) is 2.17. The maximum Gasteiger partial charge on any atom is 0.246 e. The summed E-state index contributed by atoms with van der Waals surface area (Å²) in [6.07, 6.45) is 0. The highest BCUT2D eigenvalue weighted by Gasteiger charge is 2.10. The number of hydrogen-bond donors (Lipinski definition) is 1. The van der Waals surface area contributed by atoms with Crippen LogP contribution in [0.3, 0.4) is 0 Å². The van der Waals surface area contributed by atoms with E-state index in [4.69, 9.17) is 15.2 Å². The predicted octanol–water partition coefficient (Wildman–Crippen LogP) is 2.74. The molecule has 6 heteroatoms. The molecule has 0 saturated carbocycles. The van der Waals surface area contributed by atoms with Crippen LogP contribution in [0, 0.1) is 11.6 Å². The largest absolute Gasteiger partial charge is 0.481 e. The van der Waals surface area contributed by atoms with Gasteiger partial charge in [0, 0.05) is 12.1 Å². The van der Waals surface area contributed by atoms with E-state index in [0.717, 1.165) is 18.2 Å². The molecule has 0 fully saturated rings. The second-order valence-corrected chi connectivity index (χ2v) is 3.42. The molecule has 94 valence electrons. The summed E-state index contributed by atoms with van der Waals surface area (Å²) in [6.45, 7) is 0.